The van der Waals surface area contributed by atoms with Crippen molar-refractivity contribution in [2.75, 3.05) is 5.32 Å². The van der Waals surface area contributed by atoms with Gasteiger partial charge in [-0.05, 0) is 44.5 Å². The van der Waals surface area contributed by atoms with Crippen molar-refractivity contribution in [3.05, 3.63) is 101 Å². The number of hydrogen-bond donors (Lipinski definition) is 1. The monoisotopic (exact) mass is 401 g/mol. The van der Waals surface area contributed by atoms with E-state index in [1.54, 1.807) is 36.4 Å². The molecule has 0 aliphatic carbocycles. The lowest BCUT2D eigenvalue weighted by molar-refractivity contribution is -0.123. The SMILES string of the molecule is Cc1ccc(NC(=O)[C@H](C)OC(=O)c2ccc(C(=O)c3ccccc3)cc2)c(C)c1. The molecule has 152 valence electrons. The number of carbonyl (C=O) groups excluding carboxylic acids is 3. The van der Waals surface area contributed by atoms with Crippen LogP contribution in [0.1, 0.15) is 44.3 Å². The molecule has 1 N–H and O–H groups in total. The third-order valence-electron chi connectivity index (χ3n) is 4.71. The zero-order chi connectivity index (χ0) is 21.7. The Kier molecular flexibility index (Phi) is 6.42. The fraction of sp³-hybridized carbons (Fsp3) is 0.160. The molecule has 0 fully saturated rings. The van der Waals surface area contributed by atoms with Crippen LogP contribution in [-0.2, 0) is 9.53 Å². The maximum absolute atomic E-state index is 12.4. The van der Waals surface area contributed by atoms with Gasteiger partial charge in [0.05, 0.1) is 5.56 Å². The molecule has 0 saturated carbocycles. The number of rotatable bonds is 6. The Hall–Kier alpha value is -3.73. The lowest BCUT2D eigenvalue weighted by Crippen LogP contribution is -2.30. The van der Waals surface area contributed by atoms with Gasteiger partial charge in [0.1, 0.15) is 0 Å². The number of anilines is 1. The molecule has 3 rings (SSSR count). The molecule has 5 nitrogen and oxygen atoms in total. The summed E-state index contributed by atoms with van der Waals surface area (Å²) < 4.78 is 5.28. The number of hydrogen-bond acceptors (Lipinski definition) is 4. The number of esters is 1. The summed E-state index contributed by atoms with van der Waals surface area (Å²) in [5, 5.41) is 2.78. The largest absolute Gasteiger partial charge is 0.449 e. The Labute approximate surface area is 175 Å². The highest BCUT2D eigenvalue weighted by molar-refractivity contribution is 6.09. The van der Waals surface area contributed by atoms with Crippen LogP contribution in [0.25, 0.3) is 0 Å². The standard InChI is InChI=1S/C25H23NO4/c1-16-9-14-22(17(2)15-16)26-24(28)18(3)30-25(29)21-12-10-20(11-13-21)23(27)19-7-5-4-6-8-19/h4-15,18H,1-3H3,(H,26,28)/t18-/m0/s1. The van der Waals surface area contributed by atoms with Gasteiger partial charge in [-0.15, -0.1) is 0 Å². The van der Waals surface area contributed by atoms with Crippen molar-refractivity contribution in [3.63, 3.8) is 0 Å². The number of amides is 1. The van der Waals surface area contributed by atoms with E-state index in [0.29, 0.717) is 16.8 Å². The molecule has 5 heteroatoms. The molecule has 30 heavy (non-hydrogen) atoms. The van der Waals surface area contributed by atoms with Crippen LogP contribution in [0.4, 0.5) is 5.69 Å². The Morgan fingerprint density at radius 1 is 0.800 bits per heavy atom. The predicted octanol–water partition coefficient (Wildman–Crippen LogP) is 4.72. The van der Waals surface area contributed by atoms with E-state index in [0.717, 1.165) is 11.1 Å². The molecule has 0 saturated heterocycles. The highest BCUT2D eigenvalue weighted by Gasteiger charge is 2.20. The first kappa shape index (κ1) is 21.0. The second-order valence-corrected chi connectivity index (χ2v) is 7.13. The highest BCUT2D eigenvalue weighted by Crippen LogP contribution is 2.17. The van der Waals surface area contributed by atoms with E-state index in [-0.39, 0.29) is 11.3 Å². The van der Waals surface area contributed by atoms with Gasteiger partial charge in [0.25, 0.3) is 5.91 Å². The summed E-state index contributed by atoms with van der Waals surface area (Å²) >= 11 is 0. The van der Waals surface area contributed by atoms with Crippen LogP contribution in [0.2, 0.25) is 0 Å². The first-order chi connectivity index (χ1) is 14.3. The highest BCUT2D eigenvalue weighted by atomic mass is 16.5. The molecule has 3 aromatic carbocycles. The van der Waals surface area contributed by atoms with Gasteiger partial charge in [-0.25, -0.2) is 4.79 Å². The summed E-state index contributed by atoms with van der Waals surface area (Å²) in [6.07, 6.45) is -0.969. The van der Waals surface area contributed by atoms with Crippen molar-refractivity contribution in [1.82, 2.24) is 0 Å². The van der Waals surface area contributed by atoms with Crippen molar-refractivity contribution >= 4 is 23.3 Å². The summed E-state index contributed by atoms with van der Waals surface area (Å²) in [6.45, 7) is 5.39. The summed E-state index contributed by atoms with van der Waals surface area (Å²) in [5.41, 5.74) is 4.02. The average molecular weight is 401 g/mol. The van der Waals surface area contributed by atoms with Gasteiger partial charge in [-0.3, -0.25) is 9.59 Å². The van der Waals surface area contributed by atoms with Crippen LogP contribution in [0.5, 0.6) is 0 Å². The van der Waals surface area contributed by atoms with Gasteiger partial charge < -0.3 is 10.1 Å². The van der Waals surface area contributed by atoms with Gasteiger partial charge in [-0.2, -0.15) is 0 Å². The number of benzene rings is 3. The molecule has 0 spiro atoms. The van der Waals surface area contributed by atoms with Crippen molar-refractivity contribution in [3.8, 4) is 0 Å². The number of nitrogens with one attached hydrogen (secondary N) is 1. The fourth-order valence-corrected chi connectivity index (χ4v) is 2.98. The third-order valence-corrected chi connectivity index (χ3v) is 4.71. The van der Waals surface area contributed by atoms with Crippen molar-refractivity contribution in [2.45, 2.75) is 26.9 Å². The van der Waals surface area contributed by atoms with Crippen LogP contribution in [0.15, 0.2) is 72.8 Å². The Bertz CT molecular complexity index is 1070. The minimum Gasteiger partial charge on any atom is -0.449 e. The van der Waals surface area contributed by atoms with E-state index in [1.807, 2.05) is 38.1 Å². The lowest BCUT2D eigenvalue weighted by atomic mass is 10.0. The number of ether oxygens (including phenoxy) is 1. The molecule has 0 unspecified atom stereocenters. The molecule has 0 radical (unpaired) electrons. The van der Waals surface area contributed by atoms with E-state index in [1.165, 1.54) is 19.1 Å². The minimum atomic E-state index is -0.969. The number of carbonyl (C=O) groups is 3. The fourth-order valence-electron chi connectivity index (χ4n) is 2.98. The quantitative estimate of drug-likeness (QED) is 0.479. The van der Waals surface area contributed by atoms with E-state index in [9.17, 15) is 14.4 Å². The van der Waals surface area contributed by atoms with Gasteiger partial charge in [-0.1, -0.05) is 60.2 Å². The molecular formula is C25H23NO4. The van der Waals surface area contributed by atoms with Gasteiger partial charge in [0.2, 0.25) is 0 Å². The Morgan fingerprint density at radius 3 is 2.03 bits per heavy atom. The van der Waals surface area contributed by atoms with Crippen molar-refractivity contribution < 1.29 is 19.1 Å². The summed E-state index contributed by atoms with van der Waals surface area (Å²) in [5.74, 6) is -1.17. The van der Waals surface area contributed by atoms with E-state index in [2.05, 4.69) is 5.32 Å². The summed E-state index contributed by atoms with van der Waals surface area (Å²) in [6, 6.07) is 20.8. The smallest absolute Gasteiger partial charge is 0.338 e. The van der Waals surface area contributed by atoms with E-state index < -0.39 is 18.0 Å². The first-order valence-electron chi connectivity index (χ1n) is 9.64. The molecule has 3 aromatic rings. The van der Waals surface area contributed by atoms with Crippen molar-refractivity contribution in [1.29, 1.82) is 0 Å². The molecule has 1 atom stereocenters. The maximum atomic E-state index is 12.4. The minimum absolute atomic E-state index is 0.128. The third kappa shape index (κ3) is 5.00. The second-order valence-electron chi connectivity index (χ2n) is 7.13. The topological polar surface area (TPSA) is 72.5 Å². The first-order valence-corrected chi connectivity index (χ1v) is 9.64. The molecule has 0 bridgehead atoms. The number of ketones is 1. The van der Waals surface area contributed by atoms with Gasteiger partial charge >= 0.3 is 5.97 Å². The average Bonchev–Trinajstić information content (AvgIpc) is 2.75. The molecule has 0 aliphatic rings. The maximum Gasteiger partial charge on any atom is 0.338 e. The second kappa shape index (κ2) is 9.18. The zero-order valence-electron chi connectivity index (χ0n) is 17.1. The Morgan fingerprint density at radius 2 is 1.40 bits per heavy atom. The number of aryl methyl sites for hydroxylation is 2. The van der Waals surface area contributed by atoms with Crippen LogP contribution < -0.4 is 5.32 Å². The van der Waals surface area contributed by atoms with Gasteiger partial charge in [0, 0.05) is 16.8 Å². The van der Waals surface area contributed by atoms with Crippen molar-refractivity contribution in [2.24, 2.45) is 0 Å². The molecule has 1 amide bonds. The normalized spacial score (nSPS) is 11.4. The van der Waals surface area contributed by atoms with Crippen LogP contribution in [-0.4, -0.2) is 23.8 Å². The molecule has 0 aromatic heterocycles. The molecule has 0 heterocycles. The van der Waals surface area contributed by atoms with E-state index >= 15 is 0 Å². The Balaban J connectivity index is 1.62. The summed E-state index contributed by atoms with van der Waals surface area (Å²) in [4.78, 5) is 37.2. The van der Waals surface area contributed by atoms with E-state index in [4.69, 9.17) is 4.74 Å². The predicted molar refractivity (Wildman–Crippen MR) is 116 cm³/mol. The van der Waals surface area contributed by atoms with Crippen LogP contribution in [0, 0.1) is 13.8 Å². The van der Waals surface area contributed by atoms with Crippen LogP contribution in [0.3, 0.4) is 0 Å². The van der Waals surface area contributed by atoms with Gasteiger partial charge in [0.15, 0.2) is 11.9 Å². The lowest BCUT2D eigenvalue weighted by Gasteiger charge is -2.15. The summed E-state index contributed by atoms with van der Waals surface area (Å²) in [7, 11) is 0. The molecule has 0 aliphatic heterocycles. The zero-order valence-corrected chi connectivity index (χ0v) is 17.1. The van der Waals surface area contributed by atoms with Crippen LogP contribution >= 0.6 is 0 Å². The molecular weight excluding hydrogens is 378 g/mol.